The number of aryl methyl sites for hydroxylation is 3. The second-order valence-electron chi connectivity index (χ2n) is 9.06. The lowest BCUT2D eigenvalue weighted by Gasteiger charge is -2.20. The average Bonchev–Trinajstić information content (AvgIpc) is 2.87. The van der Waals surface area contributed by atoms with Crippen LogP contribution >= 0.6 is 11.8 Å². The summed E-state index contributed by atoms with van der Waals surface area (Å²) in [5.41, 5.74) is 5.35. The Kier molecular flexibility index (Phi) is 6.68. The summed E-state index contributed by atoms with van der Waals surface area (Å²) in [5.74, 6) is 0.538. The van der Waals surface area contributed by atoms with Gasteiger partial charge in [-0.25, -0.2) is 14.5 Å². The highest BCUT2D eigenvalue weighted by molar-refractivity contribution is 7.99. The number of nitrogens with zero attached hydrogens (tertiary/aromatic N) is 3. The summed E-state index contributed by atoms with van der Waals surface area (Å²) in [6.45, 7) is 3.96. The molecule has 4 aromatic rings. The van der Waals surface area contributed by atoms with Crippen LogP contribution in [0.1, 0.15) is 48.1 Å². The van der Waals surface area contributed by atoms with Gasteiger partial charge >= 0.3 is 0 Å². The van der Waals surface area contributed by atoms with Gasteiger partial charge in [-0.3, -0.25) is 9.59 Å². The van der Waals surface area contributed by atoms with Crippen molar-refractivity contribution in [3.63, 3.8) is 0 Å². The number of hydrogen-bond donors (Lipinski definition) is 1. The zero-order chi connectivity index (χ0) is 24.4. The number of para-hydroxylation sites is 1. The van der Waals surface area contributed by atoms with Crippen LogP contribution in [0, 0.1) is 6.92 Å². The van der Waals surface area contributed by atoms with Crippen LogP contribution in [0.5, 0.6) is 0 Å². The maximum Gasteiger partial charge on any atom is 0.267 e. The monoisotopic (exact) mass is 484 g/mol. The Morgan fingerprint density at radius 1 is 1.09 bits per heavy atom. The first kappa shape index (κ1) is 23.3. The summed E-state index contributed by atoms with van der Waals surface area (Å²) < 4.78 is 1.50. The van der Waals surface area contributed by atoms with Gasteiger partial charge in [0.2, 0.25) is 5.91 Å². The van der Waals surface area contributed by atoms with Crippen LogP contribution in [0.4, 0.5) is 0 Å². The normalized spacial score (nSPS) is 13.9. The van der Waals surface area contributed by atoms with E-state index >= 15 is 0 Å². The smallest absolute Gasteiger partial charge is 0.267 e. The fraction of sp³-hybridized carbons (Fsp3) is 0.286. The summed E-state index contributed by atoms with van der Waals surface area (Å²) in [7, 11) is 0. The quantitative estimate of drug-likeness (QED) is 0.310. The molecule has 0 aliphatic heterocycles. The molecule has 1 atom stereocenters. The first-order chi connectivity index (χ1) is 17.0. The van der Waals surface area contributed by atoms with Crippen LogP contribution in [0.3, 0.4) is 0 Å². The van der Waals surface area contributed by atoms with Crippen molar-refractivity contribution in [3.05, 3.63) is 93.4 Å². The van der Waals surface area contributed by atoms with Gasteiger partial charge in [-0.2, -0.15) is 0 Å². The van der Waals surface area contributed by atoms with Crippen LogP contribution in [-0.2, 0) is 17.6 Å². The van der Waals surface area contributed by atoms with E-state index in [9.17, 15) is 9.59 Å². The van der Waals surface area contributed by atoms with Gasteiger partial charge in [0.15, 0.2) is 5.16 Å². The minimum atomic E-state index is -0.195. The maximum absolute atomic E-state index is 13.4. The van der Waals surface area contributed by atoms with Crippen molar-refractivity contribution in [1.29, 1.82) is 0 Å². The van der Waals surface area contributed by atoms with Crippen molar-refractivity contribution in [1.82, 2.24) is 19.9 Å². The third kappa shape index (κ3) is 5.00. The predicted octanol–water partition coefficient (Wildman–Crippen LogP) is 4.94. The average molecular weight is 485 g/mol. The molecular formula is C28H28N4O2S. The standard InChI is InChI=1S/C28H28N4O2S/c1-18-13-14-29-25(15-18)32-27(34)23-9-5-6-10-24(23)31-28(32)35-17-26(33)30-19(2)21-12-11-20-7-3-4-8-22(20)16-21/h5-6,9-16,19H,3-4,7-8,17H2,1-2H3,(H,30,33). The van der Waals surface area contributed by atoms with Crippen LogP contribution in [0.15, 0.2) is 70.7 Å². The molecule has 2 heterocycles. The van der Waals surface area contributed by atoms with Gasteiger partial charge < -0.3 is 5.32 Å². The summed E-state index contributed by atoms with van der Waals surface area (Å²) >= 11 is 1.24. The van der Waals surface area contributed by atoms with E-state index in [1.54, 1.807) is 12.3 Å². The van der Waals surface area contributed by atoms with E-state index in [2.05, 4.69) is 28.5 Å². The van der Waals surface area contributed by atoms with E-state index in [0.29, 0.717) is 21.9 Å². The molecule has 0 fully saturated rings. The molecule has 1 N–H and O–H groups in total. The molecule has 0 spiro atoms. The second-order valence-corrected chi connectivity index (χ2v) is 10.00. The SMILES string of the molecule is Cc1ccnc(-n2c(SCC(=O)NC(C)c3ccc4c(c3)CCCC4)nc3ccccc3c2=O)c1. The van der Waals surface area contributed by atoms with Gasteiger partial charge in [0.05, 0.1) is 22.7 Å². The Morgan fingerprint density at radius 3 is 2.71 bits per heavy atom. The molecule has 7 heteroatoms. The number of nitrogens with one attached hydrogen (secondary N) is 1. The largest absolute Gasteiger partial charge is 0.349 e. The number of pyridine rings is 1. The van der Waals surface area contributed by atoms with E-state index in [-0.39, 0.29) is 23.3 Å². The Bertz CT molecular complexity index is 1460. The van der Waals surface area contributed by atoms with Crippen LogP contribution in [0.25, 0.3) is 16.7 Å². The topological polar surface area (TPSA) is 76.9 Å². The number of thioether (sulfide) groups is 1. The van der Waals surface area contributed by atoms with E-state index < -0.39 is 0 Å². The molecule has 1 amide bonds. The number of amides is 1. The Morgan fingerprint density at radius 2 is 1.89 bits per heavy atom. The minimum Gasteiger partial charge on any atom is -0.349 e. The van der Waals surface area contributed by atoms with Gasteiger partial charge in [0.1, 0.15) is 5.82 Å². The first-order valence-corrected chi connectivity index (χ1v) is 13.0. The Hall–Kier alpha value is -3.45. The highest BCUT2D eigenvalue weighted by Crippen LogP contribution is 2.25. The number of aromatic nitrogens is 3. The third-order valence-electron chi connectivity index (χ3n) is 6.46. The van der Waals surface area contributed by atoms with Gasteiger partial charge in [0, 0.05) is 6.20 Å². The molecule has 2 aromatic carbocycles. The molecule has 178 valence electrons. The predicted molar refractivity (Wildman–Crippen MR) is 140 cm³/mol. The van der Waals surface area contributed by atoms with E-state index in [1.807, 2.05) is 44.2 Å². The summed E-state index contributed by atoms with van der Waals surface area (Å²) in [5, 5.41) is 4.07. The maximum atomic E-state index is 13.4. The molecule has 1 aliphatic carbocycles. The molecular weight excluding hydrogens is 456 g/mol. The molecule has 1 unspecified atom stereocenters. The van der Waals surface area contributed by atoms with Crippen molar-refractivity contribution < 1.29 is 4.79 Å². The lowest BCUT2D eigenvalue weighted by atomic mass is 9.89. The molecule has 0 radical (unpaired) electrons. The van der Waals surface area contributed by atoms with Crippen LogP contribution < -0.4 is 10.9 Å². The van der Waals surface area contributed by atoms with Gasteiger partial charge in [-0.05, 0) is 86.1 Å². The third-order valence-corrected chi connectivity index (χ3v) is 7.40. The van der Waals surface area contributed by atoms with Crippen molar-refractivity contribution in [3.8, 4) is 5.82 Å². The number of hydrogen-bond acceptors (Lipinski definition) is 5. The van der Waals surface area contributed by atoms with Gasteiger partial charge in [-0.15, -0.1) is 0 Å². The zero-order valence-corrected chi connectivity index (χ0v) is 20.8. The van der Waals surface area contributed by atoms with Crippen molar-refractivity contribution in [2.75, 3.05) is 5.75 Å². The molecule has 0 bridgehead atoms. The summed E-state index contributed by atoms with van der Waals surface area (Å²) in [6.07, 6.45) is 6.40. The highest BCUT2D eigenvalue weighted by Gasteiger charge is 2.18. The molecule has 6 nitrogen and oxygen atoms in total. The van der Waals surface area contributed by atoms with Gasteiger partial charge in [-0.1, -0.05) is 42.1 Å². The lowest BCUT2D eigenvalue weighted by molar-refractivity contribution is -0.119. The zero-order valence-electron chi connectivity index (χ0n) is 20.0. The van der Waals surface area contributed by atoms with Crippen molar-refractivity contribution >= 4 is 28.6 Å². The number of carbonyl (C=O) groups is 1. The second kappa shape index (κ2) is 10.0. The van der Waals surface area contributed by atoms with E-state index in [1.165, 1.54) is 40.3 Å². The molecule has 0 saturated heterocycles. The van der Waals surface area contributed by atoms with E-state index in [4.69, 9.17) is 4.98 Å². The number of benzene rings is 2. The first-order valence-electron chi connectivity index (χ1n) is 12.0. The van der Waals surface area contributed by atoms with Crippen molar-refractivity contribution in [2.45, 2.75) is 50.7 Å². The molecule has 0 saturated carbocycles. The lowest BCUT2D eigenvalue weighted by Crippen LogP contribution is -2.29. The number of carbonyl (C=O) groups excluding carboxylic acids is 1. The Labute approximate surface area is 208 Å². The van der Waals surface area contributed by atoms with Crippen molar-refractivity contribution in [2.24, 2.45) is 0 Å². The Balaban J connectivity index is 1.37. The van der Waals surface area contributed by atoms with Crippen LogP contribution in [-0.4, -0.2) is 26.2 Å². The highest BCUT2D eigenvalue weighted by atomic mass is 32.2. The number of rotatable bonds is 6. The summed E-state index contributed by atoms with van der Waals surface area (Å²) in [4.78, 5) is 35.3. The summed E-state index contributed by atoms with van der Waals surface area (Å²) in [6, 6.07) is 17.4. The van der Waals surface area contributed by atoms with E-state index in [0.717, 1.165) is 24.0 Å². The number of fused-ring (bicyclic) bond motifs is 2. The molecule has 5 rings (SSSR count). The molecule has 1 aliphatic rings. The fourth-order valence-corrected chi connectivity index (χ4v) is 5.38. The van der Waals surface area contributed by atoms with Crippen LogP contribution in [0.2, 0.25) is 0 Å². The minimum absolute atomic E-state index is 0.0967. The van der Waals surface area contributed by atoms with Gasteiger partial charge in [0.25, 0.3) is 5.56 Å². The fourth-order valence-electron chi connectivity index (χ4n) is 4.57. The molecule has 2 aromatic heterocycles. The molecule has 35 heavy (non-hydrogen) atoms.